The fourth-order valence-corrected chi connectivity index (χ4v) is 3.96. The van der Waals surface area contributed by atoms with Crippen molar-refractivity contribution in [2.24, 2.45) is 5.92 Å². The van der Waals surface area contributed by atoms with Gasteiger partial charge in [0.2, 0.25) is 5.91 Å². The van der Waals surface area contributed by atoms with Crippen LogP contribution >= 0.6 is 0 Å². The lowest BCUT2D eigenvalue weighted by Crippen LogP contribution is -2.48. The summed E-state index contributed by atoms with van der Waals surface area (Å²) in [4.78, 5) is 40.9. The number of rotatable bonds is 8. The zero-order valence-electron chi connectivity index (χ0n) is 21.3. The molecule has 0 bridgehead atoms. The summed E-state index contributed by atoms with van der Waals surface area (Å²) in [7, 11) is 1.58. The van der Waals surface area contributed by atoms with Crippen LogP contribution in [0.5, 0.6) is 5.75 Å². The fraction of sp³-hybridized carbons (Fsp3) is 0.444. The van der Waals surface area contributed by atoms with Crippen molar-refractivity contribution in [2.75, 3.05) is 19.0 Å². The summed E-state index contributed by atoms with van der Waals surface area (Å²) in [6, 6.07) is 13.6. The van der Waals surface area contributed by atoms with Crippen LogP contribution in [0.4, 0.5) is 10.5 Å². The van der Waals surface area contributed by atoms with Crippen LogP contribution in [0.3, 0.4) is 0 Å². The van der Waals surface area contributed by atoms with Gasteiger partial charge in [0, 0.05) is 11.7 Å². The van der Waals surface area contributed by atoms with E-state index < -0.39 is 17.7 Å². The van der Waals surface area contributed by atoms with E-state index in [2.05, 4.69) is 10.6 Å². The Bertz CT molecular complexity index is 1060. The first-order valence-corrected chi connectivity index (χ1v) is 11.8. The van der Waals surface area contributed by atoms with Gasteiger partial charge >= 0.3 is 6.09 Å². The van der Waals surface area contributed by atoms with Crippen LogP contribution in [-0.4, -0.2) is 48.1 Å². The molecule has 188 valence electrons. The Labute approximate surface area is 207 Å². The SMILES string of the molecule is COc1ccc(NC(=O)C(c2ccccc2C)N(C(=O)CNC(=O)OC(C)(C)C)C2CC2C)cc1. The van der Waals surface area contributed by atoms with E-state index in [4.69, 9.17) is 9.47 Å². The molecule has 1 aliphatic carbocycles. The molecule has 2 N–H and O–H groups in total. The summed E-state index contributed by atoms with van der Waals surface area (Å²) in [6.45, 7) is 8.96. The third-order valence-corrected chi connectivity index (χ3v) is 5.86. The second kappa shape index (κ2) is 10.8. The molecular weight excluding hydrogens is 446 g/mol. The second-order valence-electron chi connectivity index (χ2n) is 9.91. The number of methoxy groups -OCH3 is 1. The standard InChI is InChI=1S/C27H35N3O5/c1-17-9-7-8-10-21(17)24(25(32)29-19-11-13-20(34-6)14-12-19)30(22-15-18(22)2)23(31)16-28-26(33)35-27(3,4)5/h7-14,18,22,24H,15-16H2,1-6H3,(H,28,33)(H,29,32). The van der Waals surface area contributed by atoms with Gasteiger partial charge in [-0.25, -0.2) is 4.79 Å². The maximum absolute atomic E-state index is 13.7. The van der Waals surface area contributed by atoms with Gasteiger partial charge in [-0.05, 0) is 75.4 Å². The number of aryl methyl sites for hydroxylation is 1. The van der Waals surface area contributed by atoms with Gasteiger partial charge in [0.15, 0.2) is 0 Å². The van der Waals surface area contributed by atoms with E-state index in [1.165, 1.54) is 0 Å². The van der Waals surface area contributed by atoms with Crippen molar-refractivity contribution in [3.63, 3.8) is 0 Å². The molecule has 2 aromatic carbocycles. The molecule has 1 saturated carbocycles. The predicted molar refractivity (Wildman–Crippen MR) is 134 cm³/mol. The molecule has 0 aromatic heterocycles. The Morgan fingerprint density at radius 3 is 2.26 bits per heavy atom. The smallest absolute Gasteiger partial charge is 0.408 e. The number of hydrogen-bond donors (Lipinski definition) is 2. The number of carbonyl (C=O) groups excluding carboxylic acids is 3. The Morgan fingerprint density at radius 1 is 1.09 bits per heavy atom. The van der Waals surface area contributed by atoms with Crippen molar-refractivity contribution >= 4 is 23.6 Å². The monoisotopic (exact) mass is 481 g/mol. The van der Waals surface area contributed by atoms with Crippen molar-refractivity contribution < 1.29 is 23.9 Å². The highest BCUT2D eigenvalue weighted by molar-refractivity contribution is 5.98. The molecule has 1 fully saturated rings. The van der Waals surface area contributed by atoms with Crippen molar-refractivity contribution in [2.45, 2.75) is 58.7 Å². The Hall–Kier alpha value is -3.55. The number of nitrogens with zero attached hydrogens (tertiary/aromatic N) is 1. The van der Waals surface area contributed by atoms with E-state index >= 15 is 0 Å². The number of amides is 3. The Morgan fingerprint density at radius 2 is 1.71 bits per heavy atom. The maximum atomic E-state index is 13.7. The zero-order chi connectivity index (χ0) is 25.8. The molecular formula is C27H35N3O5. The highest BCUT2D eigenvalue weighted by Gasteiger charge is 2.46. The molecule has 3 atom stereocenters. The minimum atomic E-state index is -0.860. The first kappa shape index (κ1) is 26.1. The average molecular weight is 482 g/mol. The van der Waals surface area contributed by atoms with Gasteiger partial charge in [0.25, 0.3) is 5.91 Å². The van der Waals surface area contributed by atoms with Crippen molar-refractivity contribution in [3.05, 3.63) is 59.7 Å². The lowest BCUT2D eigenvalue weighted by Gasteiger charge is -2.33. The van der Waals surface area contributed by atoms with Crippen molar-refractivity contribution in [1.82, 2.24) is 10.2 Å². The summed E-state index contributed by atoms with van der Waals surface area (Å²) < 4.78 is 10.5. The largest absolute Gasteiger partial charge is 0.497 e. The molecule has 0 saturated heterocycles. The minimum Gasteiger partial charge on any atom is -0.497 e. The molecule has 8 nitrogen and oxygen atoms in total. The van der Waals surface area contributed by atoms with Crippen LogP contribution in [0.15, 0.2) is 48.5 Å². The van der Waals surface area contributed by atoms with E-state index in [0.717, 1.165) is 17.5 Å². The van der Waals surface area contributed by atoms with Gasteiger partial charge < -0.3 is 25.0 Å². The summed E-state index contributed by atoms with van der Waals surface area (Å²) >= 11 is 0. The van der Waals surface area contributed by atoms with Crippen LogP contribution in [0, 0.1) is 12.8 Å². The molecule has 0 radical (unpaired) electrons. The summed E-state index contributed by atoms with van der Waals surface area (Å²) in [5, 5.41) is 5.49. The number of hydrogen-bond acceptors (Lipinski definition) is 5. The molecule has 3 rings (SSSR count). The van der Waals surface area contributed by atoms with Gasteiger partial charge in [0.05, 0.1) is 7.11 Å². The third kappa shape index (κ3) is 6.97. The number of nitrogens with one attached hydrogen (secondary N) is 2. The van der Waals surface area contributed by atoms with E-state index in [1.54, 1.807) is 57.0 Å². The first-order chi connectivity index (χ1) is 16.5. The number of ether oxygens (including phenoxy) is 2. The van der Waals surface area contributed by atoms with Crippen LogP contribution in [0.25, 0.3) is 0 Å². The normalized spacial score (nSPS) is 17.7. The Balaban J connectivity index is 1.89. The summed E-state index contributed by atoms with van der Waals surface area (Å²) in [5.74, 6) is 0.258. The number of anilines is 1. The molecule has 0 spiro atoms. The van der Waals surface area contributed by atoms with Crippen LogP contribution in [0.1, 0.15) is 51.3 Å². The van der Waals surface area contributed by atoms with Crippen LogP contribution in [-0.2, 0) is 14.3 Å². The zero-order valence-corrected chi connectivity index (χ0v) is 21.3. The third-order valence-electron chi connectivity index (χ3n) is 5.86. The van der Waals surface area contributed by atoms with Crippen LogP contribution in [0.2, 0.25) is 0 Å². The summed E-state index contributed by atoms with van der Waals surface area (Å²) in [6.07, 6.45) is 0.112. The predicted octanol–water partition coefficient (Wildman–Crippen LogP) is 4.45. The molecule has 1 aliphatic rings. The highest BCUT2D eigenvalue weighted by atomic mass is 16.6. The second-order valence-corrected chi connectivity index (χ2v) is 9.91. The Kier molecular flexibility index (Phi) is 8.04. The maximum Gasteiger partial charge on any atom is 0.408 e. The quantitative estimate of drug-likeness (QED) is 0.581. The van der Waals surface area contributed by atoms with Gasteiger partial charge in [-0.3, -0.25) is 9.59 Å². The van der Waals surface area contributed by atoms with Gasteiger partial charge in [-0.15, -0.1) is 0 Å². The lowest BCUT2D eigenvalue weighted by atomic mass is 9.98. The number of alkyl carbamates (subject to hydrolysis) is 1. The molecule has 3 amide bonds. The fourth-order valence-electron chi connectivity index (χ4n) is 3.96. The molecule has 2 aromatic rings. The molecule has 3 unspecified atom stereocenters. The highest BCUT2D eigenvalue weighted by Crippen LogP contribution is 2.41. The minimum absolute atomic E-state index is 0.103. The van der Waals surface area contributed by atoms with E-state index in [1.807, 2.05) is 38.1 Å². The topological polar surface area (TPSA) is 97.0 Å². The molecule has 0 heterocycles. The van der Waals surface area contributed by atoms with Gasteiger partial charge in [-0.1, -0.05) is 31.2 Å². The molecule has 8 heteroatoms. The number of carbonyl (C=O) groups is 3. The summed E-state index contributed by atoms with van der Waals surface area (Å²) in [5.41, 5.74) is 1.55. The number of benzene rings is 2. The van der Waals surface area contributed by atoms with Crippen LogP contribution < -0.4 is 15.4 Å². The van der Waals surface area contributed by atoms with E-state index in [9.17, 15) is 14.4 Å². The average Bonchev–Trinajstić information content (AvgIpc) is 3.51. The lowest BCUT2D eigenvalue weighted by molar-refractivity contribution is -0.139. The van der Waals surface area contributed by atoms with Crippen molar-refractivity contribution in [1.29, 1.82) is 0 Å². The van der Waals surface area contributed by atoms with Crippen molar-refractivity contribution in [3.8, 4) is 5.75 Å². The molecule has 35 heavy (non-hydrogen) atoms. The van der Waals surface area contributed by atoms with Gasteiger partial charge in [0.1, 0.15) is 23.9 Å². The van der Waals surface area contributed by atoms with E-state index in [0.29, 0.717) is 11.4 Å². The van der Waals surface area contributed by atoms with E-state index in [-0.39, 0.29) is 30.3 Å². The van der Waals surface area contributed by atoms with Gasteiger partial charge in [-0.2, -0.15) is 0 Å². The molecule has 0 aliphatic heterocycles. The first-order valence-electron chi connectivity index (χ1n) is 11.8.